The van der Waals surface area contributed by atoms with Crippen LogP contribution in [-0.2, 0) is 65.4 Å². The van der Waals surface area contributed by atoms with Crippen molar-refractivity contribution in [3.63, 3.8) is 0 Å². The first kappa shape index (κ1) is 80.1. The first-order chi connectivity index (χ1) is 39.4. The maximum absolute atomic E-state index is 13.0. The molecule has 0 aromatic heterocycles. The van der Waals surface area contributed by atoms with Crippen LogP contribution >= 0.6 is 15.6 Å². The molecular weight excluding hydrogens is 1090 g/mol. The average molecular weight is 1210 g/mol. The van der Waals surface area contributed by atoms with E-state index in [1.165, 1.54) is 116 Å². The van der Waals surface area contributed by atoms with Crippen molar-refractivity contribution in [1.82, 2.24) is 0 Å². The Balaban J connectivity index is 5.22. The molecule has 0 aliphatic carbocycles. The summed E-state index contributed by atoms with van der Waals surface area (Å²) in [5.41, 5.74) is 0. The molecule has 0 aromatic rings. The molecule has 0 rings (SSSR count). The van der Waals surface area contributed by atoms with Crippen molar-refractivity contribution in [2.45, 2.75) is 330 Å². The summed E-state index contributed by atoms with van der Waals surface area (Å²) in [5, 5.41) is 10.5. The number of aliphatic hydroxyl groups is 1. The van der Waals surface area contributed by atoms with Crippen LogP contribution in [-0.4, -0.2) is 96.7 Å². The summed E-state index contributed by atoms with van der Waals surface area (Å²) in [6, 6.07) is 0. The number of phosphoric acid groups is 2. The van der Waals surface area contributed by atoms with E-state index >= 15 is 0 Å². The number of unbranched alkanes of at least 4 members (excludes halogenated alkanes) is 32. The fraction of sp³-hybridized carbons (Fsp3) is 0.937. The number of rotatable bonds is 62. The van der Waals surface area contributed by atoms with Crippen LogP contribution in [0.3, 0.4) is 0 Å². The molecular formula is C63H122O17P2. The van der Waals surface area contributed by atoms with Gasteiger partial charge >= 0.3 is 39.5 Å². The Morgan fingerprint density at radius 1 is 0.329 bits per heavy atom. The molecule has 0 fully saturated rings. The quantitative estimate of drug-likeness (QED) is 0.0222. The zero-order valence-corrected chi connectivity index (χ0v) is 54.6. The van der Waals surface area contributed by atoms with Gasteiger partial charge in [0.05, 0.1) is 26.4 Å². The molecule has 0 aliphatic heterocycles. The van der Waals surface area contributed by atoms with Gasteiger partial charge < -0.3 is 33.8 Å². The van der Waals surface area contributed by atoms with Crippen LogP contribution in [0.5, 0.6) is 0 Å². The minimum absolute atomic E-state index is 0.105. The van der Waals surface area contributed by atoms with Gasteiger partial charge in [0.2, 0.25) is 0 Å². The van der Waals surface area contributed by atoms with Gasteiger partial charge in [0, 0.05) is 25.7 Å². The molecule has 0 aromatic carbocycles. The molecule has 82 heavy (non-hydrogen) atoms. The highest BCUT2D eigenvalue weighted by atomic mass is 31.2. The highest BCUT2D eigenvalue weighted by Gasteiger charge is 2.30. The fourth-order valence-corrected chi connectivity index (χ4v) is 10.9. The van der Waals surface area contributed by atoms with Crippen LogP contribution in [0.15, 0.2) is 0 Å². The summed E-state index contributed by atoms with van der Waals surface area (Å²) in [6.45, 7) is 9.40. The van der Waals surface area contributed by atoms with E-state index < -0.39 is 97.5 Å². The summed E-state index contributed by atoms with van der Waals surface area (Å²) in [6.07, 6.45) is 37.6. The van der Waals surface area contributed by atoms with Crippen molar-refractivity contribution in [3.8, 4) is 0 Å². The van der Waals surface area contributed by atoms with Crippen LogP contribution in [0, 0.1) is 11.8 Å². The minimum Gasteiger partial charge on any atom is -0.462 e. The van der Waals surface area contributed by atoms with E-state index in [0.717, 1.165) is 109 Å². The topological polar surface area (TPSA) is 237 Å². The number of carbonyl (C=O) groups excluding carboxylic acids is 4. The van der Waals surface area contributed by atoms with Gasteiger partial charge in [0.15, 0.2) is 12.2 Å². The number of aliphatic hydroxyl groups excluding tert-OH is 1. The lowest BCUT2D eigenvalue weighted by atomic mass is 10.0. The molecule has 19 heteroatoms. The predicted molar refractivity (Wildman–Crippen MR) is 326 cm³/mol. The number of carbonyl (C=O) groups is 4. The fourth-order valence-electron chi connectivity index (χ4n) is 9.35. The highest BCUT2D eigenvalue weighted by Crippen LogP contribution is 2.45. The third kappa shape index (κ3) is 57.2. The predicted octanol–water partition coefficient (Wildman–Crippen LogP) is 17.3. The third-order valence-electron chi connectivity index (χ3n) is 14.5. The second-order valence-corrected chi connectivity index (χ2v) is 26.7. The van der Waals surface area contributed by atoms with Crippen molar-refractivity contribution in [2.75, 3.05) is 39.6 Å². The molecule has 486 valence electrons. The van der Waals surface area contributed by atoms with E-state index in [9.17, 15) is 43.2 Å². The molecule has 3 N–H and O–H groups in total. The Labute approximate surface area is 498 Å². The summed E-state index contributed by atoms with van der Waals surface area (Å²) in [5.74, 6) is -0.668. The van der Waals surface area contributed by atoms with Crippen LogP contribution in [0.25, 0.3) is 0 Å². The number of phosphoric ester groups is 2. The first-order valence-electron chi connectivity index (χ1n) is 33.0. The first-order valence-corrected chi connectivity index (χ1v) is 36.0. The van der Waals surface area contributed by atoms with E-state index in [4.69, 9.17) is 37.0 Å². The van der Waals surface area contributed by atoms with Gasteiger partial charge in [-0.1, -0.05) is 260 Å². The van der Waals surface area contributed by atoms with Crippen LogP contribution in [0.4, 0.5) is 0 Å². The highest BCUT2D eigenvalue weighted by molar-refractivity contribution is 7.47. The van der Waals surface area contributed by atoms with Gasteiger partial charge in [0.1, 0.15) is 19.3 Å². The summed E-state index contributed by atoms with van der Waals surface area (Å²) < 4.78 is 67.9. The second-order valence-electron chi connectivity index (χ2n) is 23.7. The number of hydrogen-bond acceptors (Lipinski definition) is 15. The van der Waals surface area contributed by atoms with Gasteiger partial charge in [-0.2, -0.15) is 0 Å². The number of ether oxygens (including phenoxy) is 4. The monoisotopic (exact) mass is 1210 g/mol. The Bertz CT molecular complexity index is 1620. The van der Waals surface area contributed by atoms with E-state index in [1.807, 2.05) is 0 Å². The lowest BCUT2D eigenvalue weighted by Crippen LogP contribution is -2.30. The van der Waals surface area contributed by atoms with Crippen LogP contribution < -0.4 is 0 Å². The summed E-state index contributed by atoms with van der Waals surface area (Å²) >= 11 is 0. The lowest BCUT2D eigenvalue weighted by molar-refractivity contribution is -0.161. The molecule has 0 radical (unpaired) electrons. The molecule has 0 aliphatic rings. The van der Waals surface area contributed by atoms with Crippen LogP contribution in [0.2, 0.25) is 0 Å². The zero-order valence-electron chi connectivity index (χ0n) is 52.8. The summed E-state index contributed by atoms with van der Waals surface area (Å²) in [7, 11) is -9.88. The Kier molecular flexibility index (Phi) is 54.3. The largest absolute Gasteiger partial charge is 0.472 e. The maximum atomic E-state index is 13.0. The van der Waals surface area contributed by atoms with Gasteiger partial charge in [0.25, 0.3) is 0 Å². The molecule has 0 amide bonds. The van der Waals surface area contributed by atoms with Crippen molar-refractivity contribution in [1.29, 1.82) is 0 Å². The molecule has 0 bridgehead atoms. The summed E-state index contributed by atoms with van der Waals surface area (Å²) in [4.78, 5) is 72.1. The van der Waals surface area contributed by atoms with E-state index in [0.29, 0.717) is 31.6 Å². The van der Waals surface area contributed by atoms with Gasteiger partial charge in [-0.25, -0.2) is 9.13 Å². The second kappa shape index (κ2) is 55.6. The van der Waals surface area contributed by atoms with E-state index in [2.05, 4.69) is 41.5 Å². The minimum atomic E-state index is -4.94. The molecule has 0 saturated heterocycles. The Morgan fingerprint density at radius 2 is 0.561 bits per heavy atom. The molecule has 17 nitrogen and oxygen atoms in total. The van der Waals surface area contributed by atoms with Gasteiger partial charge in [-0.05, 0) is 37.5 Å². The molecule has 0 spiro atoms. The third-order valence-corrected chi connectivity index (χ3v) is 16.4. The smallest absolute Gasteiger partial charge is 0.462 e. The van der Waals surface area contributed by atoms with E-state index in [-0.39, 0.29) is 25.7 Å². The van der Waals surface area contributed by atoms with Crippen molar-refractivity contribution in [3.05, 3.63) is 0 Å². The Morgan fingerprint density at radius 3 is 0.829 bits per heavy atom. The number of esters is 4. The molecule has 0 heterocycles. The number of hydrogen-bond donors (Lipinski definition) is 3. The van der Waals surface area contributed by atoms with Gasteiger partial charge in [-0.15, -0.1) is 0 Å². The maximum Gasteiger partial charge on any atom is 0.472 e. The van der Waals surface area contributed by atoms with Crippen molar-refractivity contribution in [2.24, 2.45) is 11.8 Å². The Hall–Kier alpha value is -1.94. The zero-order chi connectivity index (χ0) is 60.8. The van der Waals surface area contributed by atoms with Crippen molar-refractivity contribution < 1.29 is 80.2 Å². The van der Waals surface area contributed by atoms with Gasteiger partial charge in [-0.3, -0.25) is 37.3 Å². The molecule has 2 unspecified atom stereocenters. The lowest BCUT2D eigenvalue weighted by Gasteiger charge is -2.21. The molecule has 0 saturated carbocycles. The van der Waals surface area contributed by atoms with E-state index in [1.54, 1.807) is 0 Å². The molecule has 5 atom stereocenters. The SMILES string of the molecule is CCCCCCCCCCCCC(=O)O[C@H](COC(=O)CCCCCCCCCC)COP(=O)(O)OC[C@H](O)COP(=O)(O)OC[C@@H](COC(=O)CCCCCCCCCC(C)C)OC(=O)CCCCCCCCCCCCCC(C)C. The normalized spacial score (nSPS) is 14.3. The average Bonchev–Trinajstić information content (AvgIpc) is 3.44. The van der Waals surface area contributed by atoms with Crippen LogP contribution in [0.1, 0.15) is 311 Å². The standard InChI is InChI=1S/C63H122O17P2/c1-7-9-11-13-15-17-22-28-35-41-47-62(67)79-58(51-73-60(65)45-39-33-27-16-14-12-10-8-2)53-77-81(69,70)75-49-57(64)50-76-82(71,72)78-54-59(52-74-61(66)46-40-34-30-24-26-32-38-44-56(5)6)80-63(68)48-42-36-29-23-20-18-19-21-25-31-37-43-55(3)4/h55-59,64H,7-54H2,1-6H3,(H,69,70)(H,71,72)/t57-,58+,59+/m0/s1. The van der Waals surface area contributed by atoms with Crippen molar-refractivity contribution >= 4 is 39.5 Å².